The van der Waals surface area contributed by atoms with Gasteiger partial charge in [-0.2, -0.15) is 5.26 Å². The highest BCUT2D eigenvalue weighted by Crippen LogP contribution is 2.50. The van der Waals surface area contributed by atoms with Crippen molar-refractivity contribution in [1.82, 2.24) is 10.0 Å². The number of nitrogens with two attached hydrogens (primary N) is 1. The van der Waals surface area contributed by atoms with Gasteiger partial charge in [0.15, 0.2) is 5.78 Å². The number of nitro groups is 1. The number of carbonyl (C=O) groups is 1. The predicted molar refractivity (Wildman–Crippen MR) is 132 cm³/mol. The molecule has 184 valence electrons. The Morgan fingerprint density at radius 1 is 1.14 bits per heavy atom. The average molecular weight is 506 g/mol. The van der Waals surface area contributed by atoms with Crippen LogP contribution in [0.3, 0.4) is 0 Å². The van der Waals surface area contributed by atoms with E-state index in [0.29, 0.717) is 49.6 Å². The van der Waals surface area contributed by atoms with E-state index in [1.807, 2.05) is 35.3 Å². The highest BCUT2D eigenvalue weighted by Gasteiger charge is 2.45. The second-order valence-corrected chi connectivity index (χ2v) is 9.39. The first-order chi connectivity index (χ1) is 17.4. The van der Waals surface area contributed by atoms with Gasteiger partial charge in [-0.3, -0.25) is 19.9 Å². The van der Waals surface area contributed by atoms with Crippen LogP contribution in [0.25, 0.3) is 0 Å². The topological polar surface area (TPSA) is 126 Å². The zero-order valence-electron chi connectivity index (χ0n) is 19.4. The summed E-state index contributed by atoms with van der Waals surface area (Å²) in [5.74, 6) is -0.888. The zero-order chi connectivity index (χ0) is 25.4. The van der Waals surface area contributed by atoms with Crippen LogP contribution < -0.4 is 5.73 Å². The highest BCUT2D eigenvalue weighted by molar-refractivity contribution is 6.31. The van der Waals surface area contributed by atoms with Gasteiger partial charge < -0.3 is 10.5 Å². The van der Waals surface area contributed by atoms with Crippen LogP contribution in [0.5, 0.6) is 0 Å². The molecule has 1 aliphatic carbocycles. The second-order valence-electron chi connectivity index (χ2n) is 8.98. The van der Waals surface area contributed by atoms with Crippen molar-refractivity contribution in [3.8, 4) is 6.07 Å². The molecule has 2 N–H and O–H groups in total. The van der Waals surface area contributed by atoms with E-state index >= 15 is 0 Å². The van der Waals surface area contributed by atoms with E-state index in [-0.39, 0.29) is 40.2 Å². The number of nitro benzene ring substituents is 1. The number of ketones is 1. The average Bonchev–Trinajstić information content (AvgIpc) is 2.89. The van der Waals surface area contributed by atoms with Crippen LogP contribution in [0.2, 0.25) is 5.02 Å². The number of morpholine rings is 1. The summed E-state index contributed by atoms with van der Waals surface area (Å²) in [7, 11) is 0. The number of allylic oxidation sites excluding steroid dienone is 3. The van der Waals surface area contributed by atoms with Crippen LogP contribution >= 0.6 is 11.6 Å². The first-order valence-electron chi connectivity index (χ1n) is 11.7. The number of hydrazine groups is 1. The molecule has 0 radical (unpaired) electrons. The van der Waals surface area contributed by atoms with Gasteiger partial charge in [-0.15, -0.1) is 0 Å². The molecule has 10 heteroatoms. The summed E-state index contributed by atoms with van der Waals surface area (Å²) >= 11 is 6.52. The summed E-state index contributed by atoms with van der Waals surface area (Å²) in [6.45, 7) is 2.07. The number of nitriles is 1. The van der Waals surface area contributed by atoms with E-state index in [2.05, 4.69) is 6.07 Å². The van der Waals surface area contributed by atoms with Crippen LogP contribution in [-0.2, 0) is 9.53 Å². The van der Waals surface area contributed by atoms with Crippen LogP contribution in [0.15, 0.2) is 71.2 Å². The third-order valence-corrected chi connectivity index (χ3v) is 7.33. The summed E-state index contributed by atoms with van der Waals surface area (Å²) in [6, 6.07) is 16.1. The van der Waals surface area contributed by atoms with Gasteiger partial charge in [-0.1, -0.05) is 41.9 Å². The molecule has 0 spiro atoms. The molecule has 0 aromatic heterocycles. The number of hydrogen-bond donors (Lipinski definition) is 1. The molecular weight excluding hydrogens is 482 g/mol. The Morgan fingerprint density at radius 2 is 1.86 bits per heavy atom. The van der Waals surface area contributed by atoms with E-state index < -0.39 is 10.8 Å². The van der Waals surface area contributed by atoms with E-state index in [4.69, 9.17) is 22.1 Å². The van der Waals surface area contributed by atoms with Gasteiger partial charge >= 0.3 is 0 Å². The predicted octanol–water partition coefficient (Wildman–Crippen LogP) is 3.99. The fourth-order valence-electron chi connectivity index (χ4n) is 5.33. The van der Waals surface area contributed by atoms with Crippen molar-refractivity contribution in [3.05, 3.63) is 97.5 Å². The number of ether oxygens (including phenoxy) is 1. The van der Waals surface area contributed by atoms with Gasteiger partial charge in [0.2, 0.25) is 0 Å². The number of non-ortho nitro benzene ring substituents is 1. The van der Waals surface area contributed by atoms with E-state index in [1.54, 1.807) is 5.01 Å². The fourth-order valence-corrected chi connectivity index (χ4v) is 5.55. The first-order valence-corrected chi connectivity index (χ1v) is 12.1. The molecule has 9 nitrogen and oxygen atoms in total. The van der Waals surface area contributed by atoms with Crippen molar-refractivity contribution < 1.29 is 14.5 Å². The second kappa shape index (κ2) is 9.74. The van der Waals surface area contributed by atoms with Gasteiger partial charge in [0, 0.05) is 47.9 Å². The summed E-state index contributed by atoms with van der Waals surface area (Å²) in [6.07, 6.45) is 0.770. The Kier molecular flexibility index (Phi) is 6.49. The Labute approximate surface area is 213 Å². The van der Waals surface area contributed by atoms with E-state index in [9.17, 15) is 20.2 Å². The Hall–Kier alpha value is -3.71. The van der Waals surface area contributed by atoms with Crippen molar-refractivity contribution in [2.45, 2.75) is 24.7 Å². The normalized spacial score (nSPS) is 22.9. The molecule has 3 aliphatic rings. The maximum Gasteiger partial charge on any atom is 0.269 e. The zero-order valence-corrected chi connectivity index (χ0v) is 20.1. The molecular formula is C26H24ClN5O4. The molecule has 0 bridgehead atoms. The highest BCUT2D eigenvalue weighted by atomic mass is 35.5. The number of nitrogens with zero attached hydrogens (tertiary/aromatic N) is 4. The largest absolute Gasteiger partial charge is 0.383 e. The smallest absolute Gasteiger partial charge is 0.269 e. The van der Waals surface area contributed by atoms with E-state index in [0.717, 1.165) is 5.56 Å². The fraction of sp³-hybridized carbons (Fsp3) is 0.308. The molecule has 2 heterocycles. The molecule has 2 aromatic rings. The maximum absolute atomic E-state index is 13.8. The minimum absolute atomic E-state index is 0.0707. The van der Waals surface area contributed by atoms with Crippen LogP contribution in [0.4, 0.5) is 5.69 Å². The molecule has 2 aliphatic heterocycles. The van der Waals surface area contributed by atoms with Crippen molar-refractivity contribution in [3.63, 3.8) is 0 Å². The van der Waals surface area contributed by atoms with Crippen LogP contribution in [0.1, 0.15) is 35.8 Å². The number of Topliss-reactive ketones (excluding diaryl/α,β-unsaturated/α-hetero) is 1. The standard InChI is InChI=1S/C26H24ClN5O4/c27-21-7-6-18(32(34)35)14-19(21)24-20(15-28)26(29)31(30-8-10-36-11-9-30)22-12-17(13-23(33)25(22)24)16-4-2-1-3-5-16/h1-7,14,17,24H,8-13,29H2. The van der Waals surface area contributed by atoms with Crippen molar-refractivity contribution >= 4 is 23.1 Å². The number of benzene rings is 2. The maximum atomic E-state index is 13.8. The summed E-state index contributed by atoms with van der Waals surface area (Å²) in [4.78, 5) is 24.8. The van der Waals surface area contributed by atoms with E-state index in [1.165, 1.54) is 18.2 Å². The number of hydrogen-bond acceptors (Lipinski definition) is 8. The molecule has 2 aromatic carbocycles. The molecule has 2 unspecified atom stereocenters. The molecule has 1 saturated heterocycles. The van der Waals surface area contributed by atoms with Gasteiger partial charge in [0.25, 0.3) is 5.69 Å². The molecule has 0 saturated carbocycles. The van der Waals surface area contributed by atoms with Crippen molar-refractivity contribution in [1.29, 1.82) is 5.26 Å². The van der Waals surface area contributed by atoms with Gasteiger partial charge in [0.05, 0.1) is 35.7 Å². The lowest BCUT2D eigenvalue weighted by Crippen LogP contribution is -2.52. The quantitative estimate of drug-likeness (QED) is 0.488. The summed E-state index contributed by atoms with van der Waals surface area (Å²) in [5, 5.41) is 25.8. The minimum atomic E-state index is -0.890. The van der Waals surface area contributed by atoms with Crippen molar-refractivity contribution in [2.75, 3.05) is 26.3 Å². The first kappa shape index (κ1) is 24.0. The number of halogens is 1. The Morgan fingerprint density at radius 3 is 2.53 bits per heavy atom. The molecule has 2 atom stereocenters. The number of rotatable bonds is 4. The van der Waals surface area contributed by atoms with Crippen molar-refractivity contribution in [2.24, 2.45) is 5.73 Å². The molecule has 0 amide bonds. The molecule has 1 fully saturated rings. The Bertz CT molecular complexity index is 1330. The summed E-state index contributed by atoms with van der Waals surface area (Å²) < 4.78 is 5.51. The van der Waals surface area contributed by atoms with Gasteiger partial charge in [0.1, 0.15) is 5.82 Å². The van der Waals surface area contributed by atoms with Gasteiger partial charge in [-0.05, 0) is 29.5 Å². The lowest BCUT2D eigenvalue weighted by atomic mass is 9.72. The monoisotopic (exact) mass is 505 g/mol. The molecule has 36 heavy (non-hydrogen) atoms. The third-order valence-electron chi connectivity index (χ3n) is 6.98. The van der Waals surface area contributed by atoms with Gasteiger partial charge in [-0.25, -0.2) is 5.01 Å². The Balaban J connectivity index is 1.71. The minimum Gasteiger partial charge on any atom is -0.383 e. The van der Waals surface area contributed by atoms with Crippen LogP contribution in [0, 0.1) is 21.4 Å². The summed E-state index contributed by atoms with van der Waals surface area (Å²) in [5.41, 5.74) is 9.11. The lowest BCUT2D eigenvalue weighted by molar-refractivity contribution is -0.384. The van der Waals surface area contributed by atoms with Crippen LogP contribution in [-0.4, -0.2) is 47.0 Å². The SMILES string of the molecule is N#CC1=C(N)N(N2CCOCC2)C2=C(C(=O)CC(c3ccccc3)C2)C1c1cc([N+](=O)[O-])ccc1Cl. The third kappa shape index (κ3) is 4.13. The number of carbonyl (C=O) groups excluding carboxylic acids is 1. The lowest BCUT2D eigenvalue weighted by Gasteiger charge is -2.47. The molecule has 5 rings (SSSR count).